The molecule has 72 valence electrons. The van der Waals surface area contributed by atoms with Gasteiger partial charge in [0.1, 0.15) is 0 Å². The standard InChI is InChI=1S/C6H7Cl2N3O2/c1-3-9-6(11(12)13)4(5(7)8)10(3)2/h5H,1-2H3. The molecule has 0 unspecified atom stereocenters. The summed E-state index contributed by atoms with van der Waals surface area (Å²) < 4.78 is 1.50. The van der Waals surface area contributed by atoms with Crippen molar-refractivity contribution in [3.05, 3.63) is 21.6 Å². The van der Waals surface area contributed by atoms with Gasteiger partial charge in [-0.05, 0) is 9.91 Å². The van der Waals surface area contributed by atoms with Crippen LogP contribution in [-0.2, 0) is 7.05 Å². The van der Waals surface area contributed by atoms with Gasteiger partial charge < -0.3 is 14.7 Å². The monoisotopic (exact) mass is 223 g/mol. The van der Waals surface area contributed by atoms with Crippen molar-refractivity contribution in [2.45, 2.75) is 11.8 Å². The van der Waals surface area contributed by atoms with E-state index in [0.29, 0.717) is 5.82 Å². The third kappa shape index (κ3) is 1.76. The molecule has 0 radical (unpaired) electrons. The minimum atomic E-state index is -0.938. The zero-order chi connectivity index (χ0) is 10.2. The zero-order valence-electron chi connectivity index (χ0n) is 6.99. The second-order valence-corrected chi connectivity index (χ2v) is 3.58. The Morgan fingerprint density at radius 1 is 1.62 bits per heavy atom. The van der Waals surface area contributed by atoms with Crippen molar-refractivity contribution in [3.8, 4) is 0 Å². The average molecular weight is 224 g/mol. The molecule has 0 saturated heterocycles. The molecule has 0 N–H and O–H groups in total. The molecule has 1 rings (SSSR count). The van der Waals surface area contributed by atoms with Gasteiger partial charge in [0, 0.05) is 14.0 Å². The Morgan fingerprint density at radius 2 is 2.15 bits per heavy atom. The first-order valence-corrected chi connectivity index (χ1v) is 4.28. The highest BCUT2D eigenvalue weighted by Crippen LogP contribution is 2.32. The zero-order valence-corrected chi connectivity index (χ0v) is 8.50. The first-order valence-electron chi connectivity index (χ1n) is 3.41. The lowest BCUT2D eigenvalue weighted by Gasteiger charge is -2.01. The van der Waals surface area contributed by atoms with Crippen LogP contribution in [0.2, 0.25) is 0 Å². The second-order valence-electron chi connectivity index (χ2n) is 2.48. The van der Waals surface area contributed by atoms with Crippen molar-refractivity contribution < 1.29 is 4.92 Å². The topological polar surface area (TPSA) is 61.0 Å². The van der Waals surface area contributed by atoms with E-state index in [0.717, 1.165) is 0 Å². The third-order valence-corrected chi connectivity index (χ3v) is 2.14. The van der Waals surface area contributed by atoms with E-state index >= 15 is 0 Å². The summed E-state index contributed by atoms with van der Waals surface area (Å²) in [5.74, 6) is 0.225. The van der Waals surface area contributed by atoms with Gasteiger partial charge in [-0.15, -0.1) is 0 Å². The summed E-state index contributed by atoms with van der Waals surface area (Å²) in [5.41, 5.74) is 0.214. The van der Waals surface area contributed by atoms with E-state index in [1.165, 1.54) is 4.57 Å². The molecular formula is C6H7Cl2N3O2. The van der Waals surface area contributed by atoms with E-state index in [4.69, 9.17) is 23.2 Å². The van der Waals surface area contributed by atoms with Crippen molar-refractivity contribution in [1.29, 1.82) is 0 Å². The van der Waals surface area contributed by atoms with Crippen molar-refractivity contribution in [2.75, 3.05) is 0 Å². The Morgan fingerprint density at radius 3 is 2.46 bits per heavy atom. The van der Waals surface area contributed by atoms with Crippen molar-refractivity contribution in [1.82, 2.24) is 9.55 Å². The van der Waals surface area contributed by atoms with Gasteiger partial charge in [0.15, 0.2) is 10.5 Å². The fourth-order valence-electron chi connectivity index (χ4n) is 0.988. The number of alkyl halides is 2. The molecule has 0 aromatic carbocycles. The number of nitrogens with zero attached hydrogens (tertiary/aromatic N) is 3. The highest BCUT2D eigenvalue weighted by atomic mass is 35.5. The van der Waals surface area contributed by atoms with Crippen LogP contribution >= 0.6 is 23.2 Å². The van der Waals surface area contributed by atoms with Gasteiger partial charge in [-0.3, -0.25) is 0 Å². The number of aryl methyl sites for hydroxylation is 1. The molecule has 0 spiro atoms. The van der Waals surface area contributed by atoms with Crippen LogP contribution in [0.4, 0.5) is 5.82 Å². The van der Waals surface area contributed by atoms with Gasteiger partial charge in [0.05, 0.1) is 0 Å². The maximum absolute atomic E-state index is 10.5. The lowest BCUT2D eigenvalue weighted by atomic mass is 10.5. The number of imidazole rings is 1. The van der Waals surface area contributed by atoms with Crippen molar-refractivity contribution in [2.24, 2.45) is 7.05 Å². The maximum atomic E-state index is 10.5. The van der Waals surface area contributed by atoms with Crippen molar-refractivity contribution in [3.63, 3.8) is 0 Å². The minimum Gasteiger partial charge on any atom is -0.358 e. The maximum Gasteiger partial charge on any atom is 0.387 e. The van der Waals surface area contributed by atoms with Crippen LogP contribution in [0.25, 0.3) is 0 Å². The van der Waals surface area contributed by atoms with Crippen LogP contribution in [0.1, 0.15) is 16.4 Å². The summed E-state index contributed by atoms with van der Waals surface area (Å²) in [6, 6.07) is 0. The first-order chi connectivity index (χ1) is 5.95. The molecular weight excluding hydrogens is 217 g/mol. The Kier molecular flexibility index (Phi) is 2.77. The van der Waals surface area contributed by atoms with Gasteiger partial charge in [-0.25, -0.2) is 0 Å². The van der Waals surface area contributed by atoms with Crippen molar-refractivity contribution >= 4 is 29.0 Å². The van der Waals surface area contributed by atoms with E-state index in [-0.39, 0.29) is 11.5 Å². The number of rotatable bonds is 2. The molecule has 0 aliphatic rings. The lowest BCUT2D eigenvalue weighted by Crippen LogP contribution is -2.00. The Balaban J connectivity index is 3.35. The quantitative estimate of drug-likeness (QED) is 0.439. The van der Waals surface area contributed by atoms with Gasteiger partial charge in [-0.2, -0.15) is 0 Å². The van der Waals surface area contributed by atoms with E-state index < -0.39 is 9.76 Å². The highest BCUT2D eigenvalue weighted by molar-refractivity contribution is 6.44. The lowest BCUT2D eigenvalue weighted by molar-refractivity contribution is -0.390. The van der Waals surface area contributed by atoms with Gasteiger partial charge in [0.25, 0.3) is 0 Å². The number of hydrogen-bond donors (Lipinski definition) is 0. The molecule has 0 fully saturated rings. The third-order valence-electron chi connectivity index (χ3n) is 1.72. The fourth-order valence-corrected chi connectivity index (χ4v) is 1.48. The van der Waals surface area contributed by atoms with Crippen LogP contribution in [0.15, 0.2) is 0 Å². The molecule has 1 heterocycles. The molecule has 7 heteroatoms. The number of halogens is 2. The molecule has 0 bridgehead atoms. The summed E-state index contributed by atoms with van der Waals surface area (Å²) in [6.45, 7) is 1.65. The number of nitro groups is 1. The Hall–Kier alpha value is -0.810. The molecule has 0 aliphatic heterocycles. The molecule has 13 heavy (non-hydrogen) atoms. The average Bonchev–Trinajstić information content (AvgIpc) is 2.28. The molecule has 0 saturated carbocycles. The molecule has 1 aromatic rings. The summed E-state index contributed by atoms with van der Waals surface area (Å²) >= 11 is 11.1. The second kappa shape index (κ2) is 3.51. The van der Waals surface area contributed by atoms with E-state index in [1.54, 1.807) is 14.0 Å². The smallest absolute Gasteiger partial charge is 0.358 e. The minimum absolute atomic E-state index is 0.214. The Bertz CT molecular complexity index is 348. The fraction of sp³-hybridized carbons (Fsp3) is 0.500. The molecule has 5 nitrogen and oxygen atoms in total. The molecule has 0 atom stereocenters. The van der Waals surface area contributed by atoms with Gasteiger partial charge >= 0.3 is 5.82 Å². The predicted octanol–water partition coefficient (Wildman–Crippen LogP) is 2.11. The van der Waals surface area contributed by atoms with Gasteiger partial charge in [-0.1, -0.05) is 23.2 Å². The normalized spacial score (nSPS) is 10.8. The largest absolute Gasteiger partial charge is 0.387 e. The SMILES string of the molecule is Cc1nc([N+](=O)[O-])c(C(Cl)Cl)n1C. The van der Waals surface area contributed by atoms with E-state index in [2.05, 4.69) is 4.98 Å². The predicted molar refractivity (Wildman–Crippen MR) is 49.0 cm³/mol. The van der Waals surface area contributed by atoms with Crippen LogP contribution < -0.4 is 0 Å². The molecule has 1 aromatic heterocycles. The highest BCUT2D eigenvalue weighted by Gasteiger charge is 2.27. The number of aromatic nitrogens is 2. The number of hydrogen-bond acceptors (Lipinski definition) is 3. The molecule has 0 amide bonds. The summed E-state index contributed by atoms with van der Waals surface area (Å²) in [5, 5.41) is 10.5. The first kappa shape index (κ1) is 10.3. The Labute approximate surface area is 84.4 Å². The van der Waals surface area contributed by atoms with E-state index in [1.807, 2.05) is 0 Å². The summed E-state index contributed by atoms with van der Waals surface area (Å²) in [7, 11) is 1.63. The van der Waals surface area contributed by atoms with Crippen LogP contribution in [0.3, 0.4) is 0 Å². The van der Waals surface area contributed by atoms with Crippen LogP contribution in [0, 0.1) is 17.0 Å². The molecule has 0 aliphatic carbocycles. The summed E-state index contributed by atoms with van der Waals surface area (Å²) in [4.78, 5) is 12.7. The van der Waals surface area contributed by atoms with Crippen LogP contribution in [-0.4, -0.2) is 14.5 Å². The summed E-state index contributed by atoms with van der Waals surface area (Å²) in [6.07, 6.45) is 0. The van der Waals surface area contributed by atoms with Gasteiger partial charge in [0.2, 0.25) is 5.82 Å². The van der Waals surface area contributed by atoms with E-state index in [9.17, 15) is 10.1 Å². The van der Waals surface area contributed by atoms with Crippen LogP contribution in [0.5, 0.6) is 0 Å².